The summed E-state index contributed by atoms with van der Waals surface area (Å²) in [5, 5.41) is 2.95. The molecule has 1 N–H and O–H groups in total. The maximum Gasteiger partial charge on any atom is 0.264 e. The normalized spacial score (nSPS) is 12.6. The number of hydrogen-bond acceptors (Lipinski definition) is 6. The van der Waals surface area contributed by atoms with Crippen LogP contribution in [0.5, 0.6) is 11.5 Å². The average molecular weight is 610 g/mol. The van der Waals surface area contributed by atoms with Crippen molar-refractivity contribution in [2.75, 3.05) is 31.6 Å². The zero-order chi connectivity index (χ0) is 31.7. The Morgan fingerprint density at radius 2 is 1.51 bits per heavy atom. The molecule has 0 saturated heterocycles. The molecule has 3 aromatic carbocycles. The Morgan fingerprint density at radius 3 is 2.09 bits per heavy atom. The Hall–Kier alpha value is -4.05. The van der Waals surface area contributed by atoms with Crippen molar-refractivity contribution < 1.29 is 27.5 Å². The maximum atomic E-state index is 14.2. The number of rotatable bonds is 14. The number of amides is 2. The molecule has 0 fully saturated rings. The van der Waals surface area contributed by atoms with Crippen LogP contribution in [0.15, 0.2) is 71.6 Å². The third kappa shape index (κ3) is 8.50. The first kappa shape index (κ1) is 33.5. The van der Waals surface area contributed by atoms with E-state index in [0.717, 1.165) is 27.4 Å². The van der Waals surface area contributed by atoms with Gasteiger partial charge in [-0.1, -0.05) is 43.3 Å². The molecule has 0 unspecified atom stereocenters. The van der Waals surface area contributed by atoms with Crippen LogP contribution in [0.3, 0.4) is 0 Å². The number of methoxy groups -OCH3 is 2. The van der Waals surface area contributed by atoms with Gasteiger partial charge < -0.3 is 19.7 Å². The van der Waals surface area contributed by atoms with Gasteiger partial charge in [0.25, 0.3) is 10.0 Å². The third-order valence-corrected chi connectivity index (χ3v) is 9.14. The van der Waals surface area contributed by atoms with Crippen molar-refractivity contribution in [2.24, 2.45) is 0 Å². The Bertz CT molecular complexity index is 1490. The molecule has 0 spiro atoms. The summed E-state index contributed by atoms with van der Waals surface area (Å²) in [6.07, 6.45) is 1.24. The minimum absolute atomic E-state index is 0.0597. The summed E-state index contributed by atoms with van der Waals surface area (Å²) < 4.78 is 40.2. The van der Waals surface area contributed by atoms with Crippen molar-refractivity contribution >= 4 is 27.5 Å². The Labute approximate surface area is 255 Å². The summed E-state index contributed by atoms with van der Waals surface area (Å²) >= 11 is 0. The Kier molecular flexibility index (Phi) is 11.6. The molecule has 232 valence electrons. The number of ether oxygens (including phenoxy) is 2. The number of nitrogens with one attached hydrogen (secondary N) is 1. The van der Waals surface area contributed by atoms with E-state index in [1.165, 1.54) is 37.3 Å². The molecule has 3 rings (SSSR count). The van der Waals surface area contributed by atoms with Gasteiger partial charge in [-0.05, 0) is 81.5 Å². The molecule has 0 aromatic heterocycles. The molecule has 43 heavy (non-hydrogen) atoms. The van der Waals surface area contributed by atoms with Crippen molar-refractivity contribution in [3.63, 3.8) is 0 Å². The van der Waals surface area contributed by atoms with Crippen LogP contribution >= 0.6 is 0 Å². The van der Waals surface area contributed by atoms with Crippen LogP contribution in [0.4, 0.5) is 5.69 Å². The van der Waals surface area contributed by atoms with Gasteiger partial charge in [-0.3, -0.25) is 13.9 Å². The summed E-state index contributed by atoms with van der Waals surface area (Å²) in [6.45, 7) is 9.00. The van der Waals surface area contributed by atoms with Gasteiger partial charge in [-0.2, -0.15) is 0 Å². The quantitative estimate of drug-likeness (QED) is 0.279. The molecular formula is C33H43N3O6S. The van der Waals surface area contributed by atoms with Crippen LogP contribution in [0.1, 0.15) is 43.9 Å². The van der Waals surface area contributed by atoms with E-state index in [1.807, 2.05) is 64.1 Å². The summed E-state index contributed by atoms with van der Waals surface area (Å²) in [7, 11) is -1.37. The van der Waals surface area contributed by atoms with E-state index < -0.39 is 28.5 Å². The number of aryl methyl sites for hydroxylation is 2. The predicted molar refractivity (Wildman–Crippen MR) is 169 cm³/mol. The number of carbonyl (C=O) groups excluding carboxylic acids is 2. The molecule has 0 heterocycles. The number of anilines is 1. The van der Waals surface area contributed by atoms with Crippen molar-refractivity contribution in [3.8, 4) is 11.5 Å². The molecule has 0 aliphatic rings. The van der Waals surface area contributed by atoms with E-state index in [0.29, 0.717) is 17.9 Å². The number of hydrogen-bond donors (Lipinski definition) is 1. The van der Waals surface area contributed by atoms with Gasteiger partial charge >= 0.3 is 0 Å². The number of carbonyl (C=O) groups is 2. The molecular weight excluding hydrogens is 566 g/mol. The first-order chi connectivity index (χ1) is 20.4. The lowest BCUT2D eigenvalue weighted by Gasteiger charge is -2.32. The number of sulfonamides is 1. The van der Waals surface area contributed by atoms with Crippen LogP contribution in [-0.2, 0) is 26.0 Å². The van der Waals surface area contributed by atoms with Gasteiger partial charge in [0, 0.05) is 18.7 Å². The van der Waals surface area contributed by atoms with Crippen molar-refractivity contribution in [3.05, 3.63) is 83.4 Å². The second-order valence-electron chi connectivity index (χ2n) is 10.7. The molecule has 0 saturated carbocycles. The minimum atomic E-state index is -4.26. The molecule has 0 bridgehead atoms. The SMILES string of the molecule is CC[C@H](C)NC(=O)[C@@H](C)N(CCc1ccccc1)C(=O)CN(c1cc(C)cc(C)c1)S(=O)(=O)c1ccc(OC)c(OC)c1. The Morgan fingerprint density at radius 1 is 0.884 bits per heavy atom. The molecule has 0 aliphatic heterocycles. The van der Waals surface area contributed by atoms with Crippen molar-refractivity contribution in [2.45, 2.75) is 64.4 Å². The number of nitrogens with zero attached hydrogens (tertiary/aromatic N) is 2. The minimum Gasteiger partial charge on any atom is -0.493 e. The van der Waals surface area contributed by atoms with Gasteiger partial charge in [0.15, 0.2) is 11.5 Å². The first-order valence-corrected chi connectivity index (χ1v) is 15.8. The fourth-order valence-electron chi connectivity index (χ4n) is 4.76. The highest BCUT2D eigenvalue weighted by Crippen LogP contribution is 2.33. The first-order valence-electron chi connectivity index (χ1n) is 14.4. The molecule has 9 nitrogen and oxygen atoms in total. The van der Waals surface area contributed by atoms with E-state index in [4.69, 9.17) is 9.47 Å². The van der Waals surface area contributed by atoms with Gasteiger partial charge in [-0.15, -0.1) is 0 Å². The van der Waals surface area contributed by atoms with E-state index in [9.17, 15) is 18.0 Å². The molecule has 2 amide bonds. The van der Waals surface area contributed by atoms with E-state index in [1.54, 1.807) is 19.1 Å². The molecule has 0 radical (unpaired) electrons. The Balaban J connectivity index is 2.06. The fourth-order valence-corrected chi connectivity index (χ4v) is 6.18. The van der Waals surface area contributed by atoms with Crippen LogP contribution in [-0.4, -0.2) is 64.5 Å². The summed E-state index contributed by atoms with van der Waals surface area (Å²) in [5.41, 5.74) is 3.04. The lowest BCUT2D eigenvalue weighted by atomic mass is 10.1. The maximum absolute atomic E-state index is 14.2. The summed E-state index contributed by atoms with van der Waals surface area (Å²) in [4.78, 5) is 28.7. The van der Waals surface area contributed by atoms with Gasteiger partial charge in [0.1, 0.15) is 12.6 Å². The topological polar surface area (TPSA) is 105 Å². The van der Waals surface area contributed by atoms with Gasteiger partial charge in [0.2, 0.25) is 11.8 Å². The molecule has 10 heteroatoms. The monoisotopic (exact) mass is 609 g/mol. The van der Waals surface area contributed by atoms with E-state index >= 15 is 0 Å². The zero-order valence-electron chi connectivity index (χ0n) is 26.1. The lowest BCUT2D eigenvalue weighted by molar-refractivity contribution is -0.139. The molecule has 2 atom stereocenters. The van der Waals surface area contributed by atoms with Gasteiger partial charge in [0.05, 0.1) is 24.8 Å². The molecule has 0 aliphatic carbocycles. The van der Waals surface area contributed by atoms with Crippen LogP contribution < -0.4 is 19.1 Å². The highest BCUT2D eigenvalue weighted by molar-refractivity contribution is 7.92. The second kappa shape index (κ2) is 14.9. The lowest BCUT2D eigenvalue weighted by Crippen LogP contribution is -2.53. The standard InChI is InChI=1S/C33H43N3O6S/c1-8-25(4)34-33(38)26(5)35(17-16-27-12-10-9-11-13-27)32(37)22-36(28-19-23(2)18-24(3)20-28)43(39,40)29-14-15-30(41-6)31(21-29)42-7/h9-15,18-21,25-26H,8,16-17,22H2,1-7H3,(H,34,38)/t25-,26+/m0/s1. The largest absolute Gasteiger partial charge is 0.493 e. The van der Waals surface area contributed by atoms with Gasteiger partial charge in [-0.25, -0.2) is 8.42 Å². The van der Waals surface area contributed by atoms with Crippen LogP contribution in [0, 0.1) is 13.8 Å². The van der Waals surface area contributed by atoms with Crippen LogP contribution in [0.2, 0.25) is 0 Å². The summed E-state index contributed by atoms with van der Waals surface area (Å²) in [6, 6.07) is 18.5. The molecule has 3 aromatic rings. The van der Waals surface area contributed by atoms with Crippen molar-refractivity contribution in [1.82, 2.24) is 10.2 Å². The van der Waals surface area contributed by atoms with E-state index in [-0.39, 0.29) is 29.1 Å². The number of benzene rings is 3. The third-order valence-electron chi connectivity index (χ3n) is 7.37. The fraction of sp³-hybridized carbons (Fsp3) is 0.394. The smallest absolute Gasteiger partial charge is 0.264 e. The average Bonchev–Trinajstić information content (AvgIpc) is 2.99. The van der Waals surface area contributed by atoms with Crippen molar-refractivity contribution in [1.29, 1.82) is 0 Å². The summed E-state index contributed by atoms with van der Waals surface area (Å²) in [5.74, 6) is -0.166. The van der Waals surface area contributed by atoms with Crippen LogP contribution in [0.25, 0.3) is 0 Å². The highest BCUT2D eigenvalue weighted by atomic mass is 32.2. The van der Waals surface area contributed by atoms with E-state index in [2.05, 4.69) is 5.32 Å². The second-order valence-corrected chi connectivity index (χ2v) is 12.6. The zero-order valence-corrected chi connectivity index (χ0v) is 26.9. The highest BCUT2D eigenvalue weighted by Gasteiger charge is 2.33. The predicted octanol–water partition coefficient (Wildman–Crippen LogP) is 4.89.